The molecule has 1 unspecified atom stereocenters. The van der Waals surface area contributed by atoms with Crippen molar-refractivity contribution in [1.29, 1.82) is 0 Å². The minimum absolute atomic E-state index is 0.585. The van der Waals surface area contributed by atoms with Gasteiger partial charge in [0.05, 0.1) is 12.4 Å². The molecule has 0 amide bonds. The third-order valence-electron chi connectivity index (χ3n) is 1.14. The van der Waals surface area contributed by atoms with E-state index in [1.165, 1.54) is 0 Å². The molecule has 0 saturated heterocycles. The first-order chi connectivity index (χ1) is 3.84. The van der Waals surface area contributed by atoms with Crippen molar-refractivity contribution in [2.75, 3.05) is 13.2 Å². The molecule has 1 rings (SSSR count). The quantitative estimate of drug-likeness (QED) is 0.578. The number of hydrogen-bond acceptors (Lipinski definition) is 2. The lowest BCUT2D eigenvalue weighted by molar-refractivity contribution is 0.226. The first-order valence-electron chi connectivity index (χ1n) is 2.89. The molecule has 1 atom stereocenters. The van der Waals surface area contributed by atoms with Crippen LogP contribution in [0.4, 0.5) is 0 Å². The highest BCUT2D eigenvalue weighted by Gasteiger charge is 2.19. The van der Waals surface area contributed by atoms with E-state index in [2.05, 4.69) is 13.0 Å². The molecule has 0 spiro atoms. The highest BCUT2D eigenvalue weighted by Crippen LogP contribution is 2.27. The predicted molar refractivity (Wildman–Crippen MR) is 32.3 cm³/mol. The SMILES string of the molecule is CC1C=C1OCCN. The molecular formula is C6H11NO. The second-order valence-electron chi connectivity index (χ2n) is 1.99. The maximum atomic E-state index is 5.20. The monoisotopic (exact) mass is 113 g/mol. The lowest BCUT2D eigenvalue weighted by atomic mass is 10.4. The molecule has 0 fully saturated rings. The van der Waals surface area contributed by atoms with Gasteiger partial charge in [0.2, 0.25) is 0 Å². The highest BCUT2D eigenvalue weighted by molar-refractivity contribution is 5.20. The van der Waals surface area contributed by atoms with Gasteiger partial charge in [0.25, 0.3) is 0 Å². The summed E-state index contributed by atoms with van der Waals surface area (Å²) in [6.07, 6.45) is 2.08. The summed E-state index contributed by atoms with van der Waals surface area (Å²) in [6, 6.07) is 0. The molecular weight excluding hydrogens is 102 g/mol. The molecule has 0 aliphatic heterocycles. The van der Waals surface area contributed by atoms with E-state index in [1.807, 2.05) is 0 Å². The van der Waals surface area contributed by atoms with Crippen LogP contribution in [0.25, 0.3) is 0 Å². The molecule has 1 aliphatic carbocycles. The van der Waals surface area contributed by atoms with Crippen molar-refractivity contribution in [1.82, 2.24) is 0 Å². The summed E-state index contributed by atoms with van der Waals surface area (Å²) in [4.78, 5) is 0. The minimum atomic E-state index is 0.585. The molecule has 0 aromatic carbocycles. The number of nitrogens with two attached hydrogens (primary N) is 1. The van der Waals surface area contributed by atoms with Crippen molar-refractivity contribution < 1.29 is 4.74 Å². The van der Waals surface area contributed by atoms with Gasteiger partial charge in [-0.3, -0.25) is 0 Å². The normalized spacial score (nSPS) is 24.8. The summed E-state index contributed by atoms with van der Waals surface area (Å²) in [6.45, 7) is 3.38. The largest absolute Gasteiger partial charge is 0.496 e. The van der Waals surface area contributed by atoms with Crippen LogP contribution in [0.1, 0.15) is 6.92 Å². The zero-order valence-corrected chi connectivity index (χ0v) is 5.05. The number of hydrogen-bond donors (Lipinski definition) is 1. The van der Waals surface area contributed by atoms with Crippen LogP contribution in [-0.4, -0.2) is 13.2 Å². The van der Waals surface area contributed by atoms with Crippen LogP contribution in [0.3, 0.4) is 0 Å². The van der Waals surface area contributed by atoms with Crippen molar-refractivity contribution in [3.05, 3.63) is 11.8 Å². The van der Waals surface area contributed by atoms with Crippen LogP contribution in [0.5, 0.6) is 0 Å². The van der Waals surface area contributed by atoms with Crippen molar-refractivity contribution in [2.24, 2.45) is 11.7 Å². The number of ether oxygens (including phenoxy) is 1. The van der Waals surface area contributed by atoms with E-state index in [0.29, 0.717) is 19.1 Å². The first kappa shape index (κ1) is 5.63. The topological polar surface area (TPSA) is 35.2 Å². The summed E-state index contributed by atoms with van der Waals surface area (Å²) in [5.74, 6) is 1.69. The van der Waals surface area contributed by atoms with Gasteiger partial charge in [-0.05, 0) is 6.08 Å². The molecule has 0 aromatic rings. The fourth-order valence-electron chi connectivity index (χ4n) is 0.555. The lowest BCUT2D eigenvalue weighted by Crippen LogP contribution is -2.06. The van der Waals surface area contributed by atoms with Crippen LogP contribution in [0.15, 0.2) is 11.8 Å². The van der Waals surface area contributed by atoms with Crippen LogP contribution < -0.4 is 5.73 Å². The zero-order valence-electron chi connectivity index (χ0n) is 5.05. The molecule has 46 valence electrons. The molecule has 1 aliphatic rings. The Kier molecular flexibility index (Phi) is 1.53. The summed E-state index contributed by atoms with van der Waals surface area (Å²) in [5, 5.41) is 0. The van der Waals surface area contributed by atoms with Gasteiger partial charge in [0, 0.05) is 12.5 Å². The molecule has 0 saturated carbocycles. The van der Waals surface area contributed by atoms with Gasteiger partial charge < -0.3 is 10.5 Å². The summed E-state index contributed by atoms with van der Waals surface area (Å²) >= 11 is 0. The van der Waals surface area contributed by atoms with Gasteiger partial charge in [0.15, 0.2) is 0 Å². The Labute approximate surface area is 49.3 Å². The van der Waals surface area contributed by atoms with E-state index >= 15 is 0 Å². The van der Waals surface area contributed by atoms with Gasteiger partial charge in [-0.25, -0.2) is 0 Å². The number of allylic oxidation sites excluding steroid dienone is 2. The molecule has 0 bridgehead atoms. The average molecular weight is 113 g/mol. The number of rotatable bonds is 3. The Bertz CT molecular complexity index is 109. The highest BCUT2D eigenvalue weighted by atomic mass is 16.5. The molecule has 2 nitrogen and oxygen atoms in total. The third-order valence-corrected chi connectivity index (χ3v) is 1.14. The van der Waals surface area contributed by atoms with Crippen molar-refractivity contribution >= 4 is 0 Å². The van der Waals surface area contributed by atoms with Gasteiger partial charge in [0.1, 0.15) is 0 Å². The molecule has 2 heteroatoms. The molecule has 0 aromatic heterocycles. The molecule has 8 heavy (non-hydrogen) atoms. The van der Waals surface area contributed by atoms with Gasteiger partial charge in [-0.1, -0.05) is 6.92 Å². The Hall–Kier alpha value is -0.500. The Balaban J connectivity index is 1.97. The minimum Gasteiger partial charge on any atom is -0.496 e. The van der Waals surface area contributed by atoms with Gasteiger partial charge in [-0.2, -0.15) is 0 Å². The standard InChI is InChI=1S/C6H11NO/c1-5-4-6(5)8-3-2-7/h4-5H,2-3,7H2,1H3. The molecule has 0 radical (unpaired) electrons. The summed E-state index contributed by atoms with van der Waals surface area (Å²) < 4.78 is 5.15. The third kappa shape index (κ3) is 1.23. The second kappa shape index (κ2) is 2.18. The fourth-order valence-corrected chi connectivity index (χ4v) is 0.555. The van der Waals surface area contributed by atoms with Crippen molar-refractivity contribution in [3.8, 4) is 0 Å². The van der Waals surface area contributed by atoms with Crippen LogP contribution >= 0.6 is 0 Å². The van der Waals surface area contributed by atoms with Crippen LogP contribution in [0, 0.1) is 5.92 Å². The van der Waals surface area contributed by atoms with Crippen molar-refractivity contribution in [2.45, 2.75) is 6.92 Å². The van der Waals surface area contributed by atoms with E-state index in [0.717, 1.165) is 5.76 Å². The Morgan fingerprint density at radius 1 is 1.88 bits per heavy atom. The van der Waals surface area contributed by atoms with E-state index in [4.69, 9.17) is 10.5 Å². The van der Waals surface area contributed by atoms with E-state index < -0.39 is 0 Å². The Morgan fingerprint density at radius 3 is 2.88 bits per heavy atom. The van der Waals surface area contributed by atoms with E-state index in [9.17, 15) is 0 Å². The average Bonchev–Trinajstić information content (AvgIpc) is 2.42. The fraction of sp³-hybridized carbons (Fsp3) is 0.667. The van der Waals surface area contributed by atoms with E-state index in [1.54, 1.807) is 0 Å². The maximum Gasteiger partial charge on any atom is 0.0999 e. The summed E-state index contributed by atoms with van der Waals surface area (Å²) in [5.41, 5.74) is 5.20. The summed E-state index contributed by atoms with van der Waals surface area (Å²) in [7, 11) is 0. The second-order valence-corrected chi connectivity index (χ2v) is 1.99. The van der Waals surface area contributed by atoms with Crippen LogP contribution in [-0.2, 0) is 4.74 Å². The molecule has 2 N–H and O–H groups in total. The lowest BCUT2D eigenvalue weighted by Gasteiger charge is -1.96. The van der Waals surface area contributed by atoms with Gasteiger partial charge >= 0.3 is 0 Å². The van der Waals surface area contributed by atoms with Gasteiger partial charge in [-0.15, -0.1) is 0 Å². The predicted octanol–water partition coefficient (Wildman–Crippen LogP) is 0.495. The van der Waals surface area contributed by atoms with E-state index in [-0.39, 0.29) is 0 Å². The maximum absolute atomic E-state index is 5.20. The van der Waals surface area contributed by atoms with Crippen molar-refractivity contribution in [3.63, 3.8) is 0 Å². The molecule has 0 heterocycles. The smallest absolute Gasteiger partial charge is 0.0999 e. The zero-order chi connectivity index (χ0) is 5.98. The Morgan fingerprint density at radius 2 is 2.50 bits per heavy atom. The van der Waals surface area contributed by atoms with Crippen LogP contribution in [0.2, 0.25) is 0 Å². The first-order valence-corrected chi connectivity index (χ1v) is 2.89.